The highest BCUT2D eigenvalue weighted by atomic mass is 19.1. The van der Waals surface area contributed by atoms with Gasteiger partial charge in [-0.05, 0) is 48.9 Å². The smallest absolute Gasteiger partial charge is 0.200 e. The van der Waals surface area contributed by atoms with Crippen molar-refractivity contribution in [2.75, 3.05) is 25.4 Å². The summed E-state index contributed by atoms with van der Waals surface area (Å²) in [6, 6.07) is 16.0. The Kier molecular flexibility index (Phi) is 6.45. The predicted molar refractivity (Wildman–Crippen MR) is 156 cm³/mol. The van der Waals surface area contributed by atoms with Crippen LogP contribution >= 0.6 is 0 Å². The molecule has 0 saturated carbocycles. The van der Waals surface area contributed by atoms with Crippen LogP contribution in [0.25, 0.3) is 44.4 Å². The fraction of sp³-hybridized carbons (Fsp3) is 0.194. The first-order valence-electron chi connectivity index (χ1n) is 13.6. The molecule has 1 saturated heterocycles. The lowest BCUT2D eigenvalue weighted by molar-refractivity contribution is 0.0254. The van der Waals surface area contributed by atoms with E-state index in [-0.39, 0.29) is 22.9 Å². The van der Waals surface area contributed by atoms with Crippen LogP contribution in [0.3, 0.4) is 0 Å². The van der Waals surface area contributed by atoms with Crippen LogP contribution in [0.1, 0.15) is 30.5 Å². The number of morpholine rings is 1. The van der Waals surface area contributed by atoms with Gasteiger partial charge < -0.3 is 20.2 Å². The van der Waals surface area contributed by atoms with Gasteiger partial charge in [-0.2, -0.15) is 5.10 Å². The van der Waals surface area contributed by atoms with Crippen LogP contribution in [-0.4, -0.2) is 44.4 Å². The number of halogens is 1. The molecular weight excluding hydrogens is 537 g/mol. The Morgan fingerprint density at radius 3 is 2.81 bits per heavy atom. The molecule has 10 nitrogen and oxygen atoms in total. The van der Waals surface area contributed by atoms with Crippen molar-refractivity contribution < 1.29 is 13.5 Å². The summed E-state index contributed by atoms with van der Waals surface area (Å²) in [5, 5.41) is 9.27. The molecule has 1 fully saturated rings. The third kappa shape index (κ3) is 4.30. The van der Waals surface area contributed by atoms with E-state index in [2.05, 4.69) is 20.3 Å². The Morgan fingerprint density at radius 1 is 1.10 bits per heavy atom. The second kappa shape index (κ2) is 10.4. The Bertz CT molecular complexity index is 2020. The molecule has 0 amide bonds. The highest BCUT2D eigenvalue weighted by Gasteiger charge is 2.29. The van der Waals surface area contributed by atoms with Crippen molar-refractivity contribution >= 4 is 27.8 Å². The highest BCUT2D eigenvalue weighted by molar-refractivity contribution is 5.99. The van der Waals surface area contributed by atoms with E-state index in [9.17, 15) is 9.18 Å². The molecule has 11 heteroatoms. The van der Waals surface area contributed by atoms with Gasteiger partial charge in [0.15, 0.2) is 5.65 Å². The Hall–Kier alpha value is -5.00. The van der Waals surface area contributed by atoms with Gasteiger partial charge >= 0.3 is 0 Å². The number of para-hydroxylation sites is 1. The third-order valence-electron chi connectivity index (χ3n) is 7.53. The van der Waals surface area contributed by atoms with Crippen molar-refractivity contribution in [1.82, 2.24) is 30.0 Å². The Balaban J connectivity index is 1.47. The number of ether oxygens (including phenoxy) is 1. The summed E-state index contributed by atoms with van der Waals surface area (Å²) in [7, 11) is 0. The maximum absolute atomic E-state index is 14.4. The fourth-order valence-electron chi connectivity index (χ4n) is 5.55. The standard InChI is InChI=1S/C31H26FN7O3/c1-17(29-24(18-6-4-7-19(32)14-18)28(40)20-8-2-3-10-22(20)42-29)39-31-25(30(33)36-16-37-31)27(38-39)21-9-5-11-35-26(21)23-15-34-12-13-41-23/h2-11,14,16-17,23,34H,12-13,15H2,1H3,(H2,33,36,37). The topological polar surface area (TPSA) is 134 Å². The molecule has 0 bridgehead atoms. The number of fused-ring (bicyclic) bond motifs is 2. The second-order valence-electron chi connectivity index (χ2n) is 10.1. The van der Waals surface area contributed by atoms with Crippen LogP contribution in [0.4, 0.5) is 10.2 Å². The summed E-state index contributed by atoms with van der Waals surface area (Å²) >= 11 is 0. The summed E-state index contributed by atoms with van der Waals surface area (Å²) in [4.78, 5) is 27.3. The zero-order valence-electron chi connectivity index (χ0n) is 22.6. The quantitative estimate of drug-likeness (QED) is 0.307. The third-order valence-corrected chi connectivity index (χ3v) is 7.53. The van der Waals surface area contributed by atoms with Gasteiger partial charge in [0.2, 0.25) is 5.43 Å². The number of benzene rings is 2. The van der Waals surface area contributed by atoms with Crippen LogP contribution in [0.15, 0.2) is 82.4 Å². The predicted octanol–water partition coefficient (Wildman–Crippen LogP) is 4.65. The molecule has 2 aromatic carbocycles. The number of rotatable bonds is 5. The van der Waals surface area contributed by atoms with Gasteiger partial charge in [-0.15, -0.1) is 0 Å². The number of nitrogens with zero attached hydrogens (tertiary/aromatic N) is 5. The molecular formula is C31H26FN7O3. The minimum Gasteiger partial charge on any atom is -0.458 e. The van der Waals surface area contributed by atoms with Gasteiger partial charge in [-0.25, -0.2) is 19.0 Å². The molecule has 1 aliphatic rings. The van der Waals surface area contributed by atoms with E-state index in [0.717, 1.165) is 12.1 Å². The van der Waals surface area contributed by atoms with E-state index in [1.165, 1.54) is 18.5 Å². The zero-order valence-corrected chi connectivity index (χ0v) is 22.6. The van der Waals surface area contributed by atoms with Gasteiger partial charge in [0, 0.05) is 24.8 Å². The van der Waals surface area contributed by atoms with Crippen molar-refractivity contribution in [3.8, 4) is 22.4 Å². The molecule has 210 valence electrons. The molecule has 5 heterocycles. The summed E-state index contributed by atoms with van der Waals surface area (Å²) in [5.74, 6) is 0.0921. The molecule has 2 unspecified atom stereocenters. The van der Waals surface area contributed by atoms with Gasteiger partial charge in [0.25, 0.3) is 0 Å². The van der Waals surface area contributed by atoms with Crippen molar-refractivity contribution in [3.63, 3.8) is 0 Å². The minimum atomic E-state index is -0.654. The molecule has 3 N–H and O–H groups in total. The summed E-state index contributed by atoms with van der Waals surface area (Å²) in [6.07, 6.45) is 2.80. The van der Waals surface area contributed by atoms with Gasteiger partial charge in [0.1, 0.15) is 47.1 Å². The molecule has 0 spiro atoms. The van der Waals surface area contributed by atoms with E-state index in [0.29, 0.717) is 57.9 Å². The lowest BCUT2D eigenvalue weighted by Gasteiger charge is -2.24. The minimum absolute atomic E-state index is 0.247. The second-order valence-corrected chi connectivity index (χ2v) is 10.1. The molecule has 1 aliphatic heterocycles. The molecule has 0 radical (unpaired) electrons. The van der Waals surface area contributed by atoms with E-state index in [1.54, 1.807) is 47.3 Å². The summed E-state index contributed by atoms with van der Waals surface area (Å²) in [5.41, 5.74) is 9.63. The Labute approximate surface area is 239 Å². The van der Waals surface area contributed by atoms with E-state index in [4.69, 9.17) is 20.0 Å². The molecule has 0 aliphatic carbocycles. The van der Waals surface area contributed by atoms with Gasteiger partial charge in [-0.1, -0.05) is 24.3 Å². The van der Waals surface area contributed by atoms with E-state index >= 15 is 0 Å². The Morgan fingerprint density at radius 2 is 1.98 bits per heavy atom. The molecule has 42 heavy (non-hydrogen) atoms. The number of pyridine rings is 1. The van der Waals surface area contributed by atoms with Crippen LogP contribution < -0.4 is 16.5 Å². The van der Waals surface area contributed by atoms with Crippen LogP contribution in [0, 0.1) is 5.82 Å². The van der Waals surface area contributed by atoms with Crippen LogP contribution in [0.2, 0.25) is 0 Å². The summed E-state index contributed by atoms with van der Waals surface area (Å²) in [6.45, 7) is 3.77. The summed E-state index contributed by atoms with van der Waals surface area (Å²) < 4.78 is 28.5. The number of hydrogen-bond acceptors (Lipinski definition) is 9. The number of nitrogens with one attached hydrogen (secondary N) is 1. The van der Waals surface area contributed by atoms with Gasteiger partial charge in [0.05, 0.1) is 28.6 Å². The van der Waals surface area contributed by atoms with Gasteiger partial charge in [-0.3, -0.25) is 9.78 Å². The first kappa shape index (κ1) is 25.9. The zero-order chi connectivity index (χ0) is 28.8. The highest BCUT2D eigenvalue weighted by Crippen LogP contribution is 2.38. The number of nitrogens with two attached hydrogens (primary N) is 1. The maximum Gasteiger partial charge on any atom is 0.200 e. The van der Waals surface area contributed by atoms with Crippen molar-refractivity contribution in [2.24, 2.45) is 0 Å². The molecule has 2 atom stereocenters. The van der Waals surface area contributed by atoms with Crippen LogP contribution in [-0.2, 0) is 4.74 Å². The molecule has 7 rings (SSSR count). The lowest BCUT2D eigenvalue weighted by Crippen LogP contribution is -2.34. The average molecular weight is 564 g/mol. The maximum atomic E-state index is 14.4. The number of hydrogen-bond donors (Lipinski definition) is 2. The van der Waals surface area contributed by atoms with Crippen molar-refractivity contribution in [2.45, 2.75) is 19.1 Å². The molecule has 4 aromatic heterocycles. The average Bonchev–Trinajstić information content (AvgIpc) is 3.42. The van der Waals surface area contributed by atoms with Crippen molar-refractivity contribution in [3.05, 3.63) is 101 Å². The monoisotopic (exact) mass is 563 g/mol. The number of nitrogen functional groups attached to an aromatic ring is 1. The molecule has 6 aromatic rings. The number of aromatic nitrogens is 5. The SMILES string of the molecule is CC(c1oc2ccccc2c(=O)c1-c1cccc(F)c1)n1nc(-c2cccnc2C2CNCCO2)c2c(N)ncnc21. The van der Waals surface area contributed by atoms with E-state index in [1.807, 2.05) is 19.1 Å². The van der Waals surface area contributed by atoms with Crippen LogP contribution in [0.5, 0.6) is 0 Å². The normalized spacial score (nSPS) is 16.2. The van der Waals surface area contributed by atoms with Crippen molar-refractivity contribution in [1.29, 1.82) is 0 Å². The number of anilines is 1. The first-order chi connectivity index (χ1) is 20.5. The first-order valence-corrected chi connectivity index (χ1v) is 13.6. The van der Waals surface area contributed by atoms with E-state index < -0.39 is 11.9 Å². The fourth-order valence-corrected chi connectivity index (χ4v) is 5.55. The largest absolute Gasteiger partial charge is 0.458 e. The lowest BCUT2D eigenvalue weighted by atomic mass is 9.99.